The van der Waals surface area contributed by atoms with E-state index in [0.29, 0.717) is 19.7 Å². The van der Waals surface area contributed by atoms with Crippen molar-refractivity contribution in [2.75, 3.05) is 19.7 Å². The van der Waals surface area contributed by atoms with Gasteiger partial charge in [0.1, 0.15) is 12.3 Å². The van der Waals surface area contributed by atoms with Crippen molar-refractivity contribution in [2.45, 2.75) is 25.6 Å². The maximum atomic E-state index is 12.7. The van der Waals surface area contributed by atoms with Gasteiger partial charge in [0.15, 0.2) is 0 Å². The first-order valence-electron chi connectivity index (χ1n) is 3.81. The highest BCUT2D eigenvalue weighted by atomic mass is 19.1. The summed E-state index contributed by atoms with van der Waals surface area (Å²) in [4.78, 5) is 0. The summed E-state index contributed by atoms with van der Waals surface area (Å²) in [7, 11) is 0. The topological polar surface area (TPSA) is 21.3 Å². The summed E-state index contributed by atoms with van der Waals surface area (Å²) in [5.74, 6) is 0. The fourth-order valence-corrected chi connectivity index (χ4v) is 1.06. The van der Waals surface area contributed by atoms with Gasteiger partial charge in [-0.25, -0.2) is 4.39 Å². The quantitative estimate of drug-likeness (QED) is 0.635. The number of nitrogens with one attached hydrogen (secondary N) is 1. The Bertz CT molecular complexity index is 99.6. The van der Waals surface area contributed by atoms with Crippen molar-refractivity contribution in [3.8, 4) is 0 Å². The van der Waals surface area contributed by atoms with E-state index in [2.05, 4.69) is 5.32 Å². The predicted molar refractivity (Wildman–Crippen MR) is 37.8 cm³/mol. The van der Waals surface area contributed by atoms with Gasteiger partial charge in [-0.05, 0) is 6.42 Å². The monoisotopic (exact) mass is 147 g/mol. The van der Waals surface area contributed by atoms with E-state index >= 15 is 0 Å². The van der Waals surface area contributed by atoms with Crippen molar-refractivity contribution < 1.29 is 9.13 Å². The Morgan fingerprint density at radius 2 is 2.40 bits per heavy atom. The van der Waals surface area contributed by atoms with E-state index in [4.69, 9.17) is 4.74 Å². The van der Waals surface area contributed by atoms with E-state index in [1.807, 2.05) is 6.92 Å². The van der Waals surface area contributed by atoms with Crippen LogP contribution in [0.1, 0.15) is 13.3 Å². The molecule has 10 heavy (non-hydrogen) atoms. The van der Waals surface area contributed by atoms with Crippen molar-refractivity contribution in [1.29, 1.82) is 0 Å². The molecule has 1 aliphatic heterocycles. The van der Waals surface area contributed by atoms with Crippen LogP contribution < -0.4 is 5.32 Å². The maximum absolute atomic E-state index is 12.7. The average molecular weight is 147 g/mol. The lowest BCUT2D eigenvalue weighted by molar-refractivity contribution is 0.0254. The SMILES string of the molecule is CCCOC1CNCC1F. The third-order valence-corrected chi connectivity index (χ3v) is 1.62. The van der Waals surface area contributed by atoms with Crippen molar-refractivity contribution in [3.05, 3.63) is 0 Å². The molecule has 0 aromatic carbocycles. The van der Waals surface area contributed by atoms with Gasteiger partial charge in [-0.15, -0.1) is 0 Å². The second-order valence-corrected chi connectivity index (χ2v) is 2.58. The minimum Gasteiger partial charge on any atom is -0.374 e. The van der Waals surface area contributed by atoms with Crippen molar-refractivity contribution in [3.63, 3.8) is 0 Å². The van der Waals surface area contributed by atoms with Gasteiger partial charge in [0.2, 0.25) is 0 Å². The number of hydrogen-bond donors (Lipinski definition) is 1. The Kier molecular flexibility index (Phi) is 3.09. The molecule has 60 valence electrons. The van der Waals surface area contributed by atoms with Crippen molar-refractivity contribution in [2.24, 2.45) is 0 Å². The highest BCUT2D eigenvalue weighted by Crippen LogP contribution is 2.08. The summed E-state index contributed by atoms with van der Waals surface area (Å²) in [6.07, 6.45) is -0.0325. The highest BCUT2D eigenvalue weighted by molar-refractivity contribution is 4.81. The molecular weight excluding hydrogens is 133 g/mol. The van der Waals surface area contributed by atoms with Crippen LogP contribution in [0, 0.1) is 0 Å². The Hall–Kier alpha value is -0.150. The summed E-state index contributed by atoms with van der Waals surface area (Å²) in [6.45, 7) is 3.82. The van der Waals surface area contributed by atoms with Gasteiger partial charge < -0.3 is 10.1 Å². The van der Waals surface area contributed by atoms with Crippen LogP contribution in [0.5, 0.6) is 0 Å². The fraction of sp³-hybridized carbons (Fsp3) is 1.00. The Morgan fingerprint density at radius 3 is 2.90 bits per heavy atom. The molecular formula is C7H14FNO. The predicted octanol–water partition coefficient (Wildman–Crippen LogP) is 0.723. The molecule has 0 radical (unpaired) electrons. The van der Waals surface area contributed by atoms with Crippen LogP contribution in [0.15, 0.2) is 0 Å². The zero-order valence-electron chi connectivity index (χ0n) is 6.27. The molecule has 2 unspecified atom stereocenters. The molecule has 0 spiro atoms. The molecule has 2 atom stereocenters. The van der Waals surface area contributed by atoms with Crippen LogP contribution in [0.4, 0.5) is 4.39 Å². The first-order valence-corrected chi connectivity index (χ1v) is 3.81. The van der Waals surface area contributed by atoms with Gasteiger partial charge in [0.25, 0.3) is 0 Å². The first-order chi connectivity index (χ1) is 4.84. The van der Waals surface area contributed by atoms with Crippen LogP contribution in [0.3, 0.4) is 0 Å². The molecule has 0 aliphatic carbocycles. The largest absolute Gasteiger partial charge is 0.374 e. The third-order valence-electron chi connectivity index (χ3n) is 1.62. The summed E-state index contributed by atoms with van der Waals surface area (Å²) >= 11 is 0. The number of halogens is 1. The molecule has 0 aromatic rings. The van der Waals surface area contributed by atoms with Gasteiger partial charge >= 0.3 is 0 Å². The molecule has 1 rings (SSSR count). The number of hydrogen-bond acceptors (Lipinski definition) is 2. The van der Waals surface area contributed by atoms with Gasteiger partial charge in [-0.2, -0.15) is 0 Å². The second kappa shape index (κ2) is 3.88. The summed E-state index contributed by atoms with van der Waals surface area (Å²) in [5.41, 5.74) is 0. The zero-order chi connectivity index (χ0) is 7.40. The molecule has 0 bridgehead atoms. The lowest BCUT2D eigenvalue weighted by Crippen LogP contribution is -2.23. The first kappa shape index (κ1) is 7.95. The van der Waals surface area contributed by atoms with Gasteiger partial charge in [-0.1, -0.05) is 6.92 Å². The second-order valence-electron chi connectivity index (χ2n) is 2.58. The van der Waals surface area contributed by atoms with E-state index in [1.165, 1.54) is 0 Å². The highest BCUT2D eigenvalue weighted by Gasteiger charge is 2.26. The lowest BCUT2D eigenvalue weighted by Gasteiger charge is -2.11. The average Bonchev–Trinajstić information content (AvgIpc) is 2.31. The normalized spacial score (nSPS) is 33.0. The summed E-state index contributed by atoms with van der Waals surface area (Å²) in [6, 6.07) is 0. The zero-order valence-corrected chi connectivity index (χ0v) is 6.27. The molecule has 2 nitrogen and oxygen atoms in total. The van der Waals surface area contributed by atoms with Crippen molar-refractivity contribution >= 4 is 0 Å². The molecule has 1 fully saturated rings. The number of alkyl halides is 1. The number of rotatable bonds is 3. The van der Waals surface area contributed by atoms with Gasteiger partial charge in [-0.3, -0.25) is 0 Å². The van der Waals surface area contributed by atoms with E-state index in [-0.39, 0.29) is 6.10 Å². The van der Waals surface area contributed by atoms with Crippen LogP contribution in [0.25, 0.3) is 0 Å². The van der Waals surface area contributed by atoms with E-state index in [9.17, 15) is 4.39 Å². The molecule has 1 aliphatic rings. The van der Waals surface area contributed by atoms with Crippen LogP contribution in [-0.2, 0) is 4.74 Å². The summed E-state index contributed by atoms with van der Waals surface area (Å²) in [5, 5.41) is 2.93. The van der Waals surface area contributed by atoms with Crippen LogP contribution in [0.2, 0.25) is 0 Å². The minimum absolute atomic E-state index is 0.194. The van der Waals surface area contributed by atoms with Crippen LogP contribution in [-0.4, -0.2) is 32.0 Å². The minimum atomic E-state index is -0.799. The van der Waals surface area contributed by atoms with Crippen molar-refractivity contribution in [1.82, 2.24) is 5.32 Å². The smallest absolute Gasteiger partial charge is 0.140 e. The van der Waals surface area contributed by atoms with Gasteiger partial charge in [0.05, 0.1) is 0 Å². The lowest BCUT2D eigenvalue weighted by atomic mass is 10.3. The molecule has 1 heterocycles. The fourth-order valence-electron chi connectivity index (χ4n) is 1.06. The Morgan fingerprint density at radius 1 is 1.60 bits per heavy atom. The van der Waals surface area contributed by atoms with Gasteiger partial charge in [0, 0.05) is 19.7 Å². The number of ether oxygens (including phenoxy) is 1. The van der Waals surface area contributed by atoms with Crippen LogP contribution >= 0.6 is 0 Å². The maximum Gasteiger partial charge on any atom is 0.140 e. The van der Waals surface area contributed by atoms with E-state index < -0.39 is 6.17 Å². The van der Waals surface area contributed by atoms with E-state index in [0.717, 1.165) is 6.42 Å². The molecule has 0 saturated carbocycles. The standard InChI is InChI=1S/C7H14FNO/c1-2-3-10-7-5-9-4-6(7)8/h6-7,9H,2-5H2,1H3. The molecule has 0 amide bonds. The summed E-state index contributed by atoms with van der Waals surface area (Å²) < 4.78 is 18.0. The molecule has 3 heteroatoms. The molecule has 1 saturated heterocycles. The van der Waals surface area contributed by atoms with E-state index in [1.54, 1.807) is 0 Å². The third kappa shape index (κ3) is 1.92. The Balaban J connectivity index is 2.14. The Labute approximate surface area is 60.8 Å². The molecule has 0 aromatic heterocycles. The molecule has 1 N–H and O–H groups in total.